The lowest BCUT2D eigenvalue weighted by atomic mass is 9.95. The molecule has 0 saturated carbocycles. The topological polar surface area (TPSA) is 105 Å². The van der Waals surface area contributed by atoms with E-state index in [0.29, 0.717) is 23.1 Å². The average Bonchev–Trinajstić information content (AvgIpc) is 2.86. The summed E-state index contributed by atoms with van der Waals surface area (Å²) < 4.78 is 6.68. The van der Waals surface area contributed by atoms with E-state index in [9.17, 15) is 10.0 Å². The molecule has 0 unspecified atom stereocenters. The van der Waals surface area contributed by atoms with E-state index < -0.39 is 0 Å². The number of pyridine rings is 2. The first kappa shape index (κ1) is 25.4. The smallest absolute Gasteiger partial charge is 0.255 e. The Balaban J connectivity index is 1.72. The van der Waals surface area contributed by atoms with Gasteiger partial charge < -0.3 is 20.7 Å². The first-order chi connectivity index (χ1) is 17.3. The number of anilines is 2. The van der Waals surface area contributed by atoms with Crippen LogP contribution >= 0.6 is 0 Å². The van der Waals surface area contributed by atoms with Crippen LogP contribution < -0.4 is 20.7 Å². The molecule has 4 N–H and O–H groups in total. The molecule has 0 aliphatic carbocycles. The number of hydrogen-bond acceptors (Lipinski definition) is 6. The summed E-state index contributed by atoms with van der Waals surface area (Å²) in [6.07, 6.45) is 5.28. The molecule has 1 amide bonds. The Bertz CT molecular complexity index is 1210. The Morgan fingerprint density at radius 1 is 1.19 bits per heavy atom. The molecular weight excluding hydrogens is 454 g/mol. The fourth-order valence-electron chi connectivity index (χ4n) is 4.99. The van der Waals surface area contributed by atoms with E-state index in [1.165, 1.54) is 0 Å². The van der Waals surface area contributed by atoms with Gasteiger partial charge >= 0.3 is 0 Å². The van der Waals surface area contributed by atoms with Gasteiger partial charge in [0.15, 0.2) is 0 Å². The van der Waals surface area contributed by atoms with Crippen LogP contribution in [0.4, 0.5) is 11.5 Å². The Kier molecular flexibility index (Phi) is 7.74. The van der Waals surface area contributed by atoms with Gasteiger partial charge in [0.05, 0.1) is 0 Å². The van der Waals surface area contributed by atoms with E-state index in [1.54, 1.807) is 18.5 Å². The molecule has 1 aliphatic heterocycles. The molecule has 1 fully saturated rings. The minimum atomic E-state index is -0.193. The van der Waals surface area contributed by atoms with Crippen LogP contribution in [0.1, 0.15) is 52.5 Å². The number of aromatic nitrogens is 2. The maximum atomic E-state index is 13.5. The summed E-state index contributed by atoms with van der Waals surface area (Å²) in [5.74, 6) is 0.259. The zero-order chi connectivity index (χ0) is 25.8. The second kappa shape index (κ2) is 11.0. The van der Waals surface area contributed by atoms with Gasteiger partial charge in [0.25, 0.3) is 11.6 Å². The zero-order valence-electron chi connectivity index (χ0n) is 21.5. The molecule has 2 aromatic heterocycles. The number of nitrogens with two attached hydrogens (primary N) is 1. The van der Waals surface area contributed by atoms with Crippen LogP contribution in [0.5, 0.6) is 0 Å². The number of rotatable bonds is 7. The second-order valence-corrected chi connectivity index (χ2v) is 9.44. The van der Waals surface area contributed by atoms with E-state index >= 15 is 0 Å². The van der Waals surface area contributed by atoms with Crippen LogP contribution in [0.25, 0.3) is 11.1 Å². The van der Waals surface area contributed by atoms with Crippen molar-refractivity contribution >= 4 is 17.4 Å². The Morgan fingerprint density at radius 2 is 1.94 bits per heavy atom. The third kappa shape index (κ3) is 5.44. The average molecular weight is 491 g/mol. The number of nitrogens with one attached hydrogen (secondary N) is 1. The van der Waals surface area contributed by atoms with Crippen molar-refractivity contribution in [1.29, 1.82) is 0 Å². The van der Waals surface area contributed by atoms with Crippen molar-refractivity contribution in [3.63, 3.8) is 0 Å². The number of nitrogens with zero attached hydrogens (tertiary/aromatic N) is 3. The highest BCUT2D eigenvalue weighted by Gasteiger charge is 2.25. The van der Waals surface area contributed by atoms with Crippen molar-refractivity contribution in [2.75, 3.05) is 30.4 Å². The summed E-state index contributed by atoms with van der Waals surface area (Å²) >= 11 is 0. The lowest BCUT2D eigenvalue weighted by Crippen LogP contribution is -2.41. The monoisotopic (exact) mass is 490 g/mol. The van der Waals surface area contributed by atoms with Gasteiger partial charge in [-0.25, -0.2) is 4.98 Å². The van der Waals surface area contributed by atoms with Crippen molar-refractivity contribution < 1.29 is 19.5 Å². The van der Waals surface area contributed by atoms with Crippen molar-refractivity contribution in [1.82, 2.24) is 10.3 Å². The number of carbonyl (C=O) groups excluding carboxylic acids is 1. The maximum Gasteiger partial charge on any atom is 0.255 e. The molecule has 1 aromatic carbocycles. The molecule has 0 atom stereocenters. The Morgan fingerprint density at radius 3 is 2.58 bits per heavy atom. The predicted molar refractivity (Wildman–Crippen MR) is 140 cm³/mol. The van der Waals surface area contributed by atoms with Crippen LogP contribution in [-0.2, 0) is 11.3 Å². The molecule has 3 heterocycles. The summed E-state index contributed by atoms with van der Waals surface area (Å²) in [5.41, 5.74) is 12.7. The van der Waals surface area contributed by atoms with Crippen molar-refractivity contribution in [2.24, 2.45) is 0 Å². The van der Waals surface area contributed by atoms with E-state index in [-0.39, 0.29) is 12.5 Å². The standard InChI is InChI=1S/C28H35N5O3/c1-5-32(23-8-10-36-11-9-23)25-14-22(21-6-7-27(29)30-15-21)13-24(20(25)4)28(34)31-16-26-19(3)12-18(2)17-33(26)35/h6-7,12-15,17,23H,5,8-11,16H2,1-4H3,(H3-,29,30,31,34,35)/p+1. The zero-order valence-corrected chi connectivity index (χ0v) is 21.5. The first-order valence-corrected chi connectivity index (χ1v) is 12.5. The summed E-state index contributed by atoms with van der Waals surface area (Å²) in [7, 11) is 0. The minimum absolute atomic E-state index is 0.193. The van der Waals surface area contributed by atoms with Crippen LogP contribution in [0.15, 0.2) is 42.7 Å². The molecule has 1 aliphatic rings. The van der Waals surface area contributed by atoms with Crippen molar-refractivity contribution in [3.8, 4) is 11.1 Å². The Labute approximate surface area is 212 Å². The van der Waals surface area contributed by atoms with Gasteiger partial charge in [-0.15, -0.1) is 0 Å². The second-order valence-electron chi connectivity index (χ2n) is 9.44. The fourth-order valence-corrected chi connectivity index (χ4v) is 4.99. The normalized spacial score (nSPS) is 14.0. The van der Waals surface area contributed by atoms with Gasteiger partial charge in [-0.2, -0.15) is 0 Å². The minimum Gasteiger partial charge on any atom is -0.384 e. The number of ether oxygens (including phenoxy) is 1. The molecule has 8 heteroatoms. The molecular formula is C28H36N5O3+. The third-order valence-corrected chi connectivity index (χ3v) is 6.94. The van der Waals surface area contributed by atoms with Crippen molar-refractivity contribution in [2.45, 2.75) is 53.1 Å². The van der Waals surface area contributed by atoms with Crippen LogP contribution in [0.3, 0.4) is 0 Å². The quantitative estimate of drug-likeness (QED) is 0.344. The fraction of sp³-hybridized carbons (Fsp3) is 0.393. The summed E-state index contributed by atoms with van der Waals surface area (Å²) in [4.78, 5) is 20.2. The van der Waals surface area contributed by atoms with Crippen LogP contribution in [0, 0.1) is 20.8 Å². The molecule has 3 aromatic rings. The summed E-state index contributed by atoms with van der Waals surface area (Å²) in [5, 5.41) is 13.4. The molecule has 0 spiro atoms. The van der Waals surface area contributed by atoms with E-state index in [1.807, 2.05) is 39.0 Å². The van der Waals surface area contributed by atoms with Crippen LogP contribution in [0.2, 0.25) is 0 Å². The molecule has 190 valence electrons. The molecule has 8 nitrogen and oxygen atoms in total. The number of carbonyl (C=O) groups is 1. The SMILES string of the molecule is CCN(c1cc(-c2ccc(N)nc2)cc(C(=O)NCc2c(C)cc(C)c[n+]2O)c1C)C1CCOCC1. The van der Waals surface area contributed by atoms with Crippen LogP contribution in [-0.4, -0.2) is 41.9 Å². The predicted octanol–water partition coefficient (Wildman–Crippen LogP) is 3.72. The molecule has 1 saturated heterocycles. The van der Waals surface area contributed by atoms with E-state index in [0.717, 1.165) is 70.8 Å². The number of benzene rings is 1. The van der Waals surface area contributed by atoms with Gasteiger partial charge in [0, 0.05) is 64.7 Å². The van der Waals surface area contributed by atoms with Gasteiger partial charge in [-0.1, -0.05) is 0 Å². The molecule has 0 radical (unpaired) electrons. The number of aryl methyl sites for hydroxylation is 2. The third-order valence-electron chi connectivity index (χ3n) is 6.94. The first-order valence-electron chi connectivity index (χ1n) is 12.5. The number of hydrogen-bond donors (Lipinski definition) is 3. The maximum absolute atomic E-state index is 13.5. The molecule has 0 bridgehead atoms. The summed E-state index contributed by atoms with van der Waals surface area (Å²) in [6.45, 7) is 10.5. The lowest BCUT2D eigenvalue weighted by Gasteiger charge is -2.37. The van der Waals surface area contributed by atoms with E-state index in [4.69, 9.17) is 10.5 Å². The Hall–Kier alpha value is -3.65. The highest BCUT2D eigenvalue weighted by atomic mass is 16.5. The highest BCUT2D eigenvalue weighted by Crippen LogP contribution is 2.33. The molecule has 36 heavy (non-hydrogen) atoms. The van der Waals surface area contributed by atoms with Gasteiger partial charge in [-0.05, 0) is 82.0 Å². The van der Waals surface area contributed by atoms with Gasteiger partial charge in [-0.3, -0.25) is 10.0 Å². The summed E-state index contributed by atoms with van der Waals surface area (Å²) in [6, 6.07) is 10.1. The van der Waals surface area contributed by atoms with E-state index in [2.05, 4.69) is 28.2 Å². The highest BCUT2D eigenvalue weighted by molar-refractivity contribution is 5.98. The number of nitrogen functional groups attached to an aromatic ring is 1. The van der Waals surface area contributed by atoms with Crippen molar-refractivity contribution in [3.05, 3.63) is 70.7 Å². The number of amides is 1. The van der Waals surface area contributed by atoms with Gasteiger partial charge in [0.1, 0.15) is 12.4 Å². The van der Waals surface area contributed by atoms with Gasteiger partial charge in [0.2, 0.25) is 6.20 Å². The molecule has 4 rings (SSSR count). The lowest BCUT2D eigenvalue weighted by molar-refractivity contribution is -0.910. The largest absolute Gasteiger partial charge is 0.384 e.